The Morgan fingerprint density at radius 3 is 2.70 bits per heavy atom. The number of aliphatic hydroxyl groups excluding tert-OH is 1. The molecule has 23 heavy (non-hydrogen) atoms. The van der Waals surface area contributed by atoms with Crippen LogP contribution < -0.4 is 5.32 Å². The molecule has 2 N–H and O–H groups in total. The number of aliphatic hydroxyl groups is 1. The summed E-state index contributed by atoms with van der Waals surface area (Å²) in [4.78, 5) is 12.5. The highest BCUT2D eigenvalue weighted by Gasteiger charge is 2.25. The molecule has 2 aromatic rings. The number of nitrogens with one attached hydrogen (secondary N) is 1. The molecule has 0 bridgehead atoms. The molecule has 2 rings (SSSR count). The zero-order valence-corrected chi connectivity index (χ0v) is 14.4. The van der Waals surface area contributed by atoms with Gasteiger partial charge in [0, 0.05) is 25.2 Å². The van der Waals surface area contributed by atoms with Gasteiger partial charge in [-0.1, -0.05) is 50.6 Å². The van der Waals surface area contributed by atoms with Crippen LogP contribution in [0, 0.1) is 6.92 Å². The van der Waals surface area contributed by atoms with Gasteiger partial charge in [0.1, 0.15) is 0 Å². The molecular weight excluding hydrogens is 290 g/mol. The van der Waals surface area contributed by atoms with Crippen LogP contribution in [0.4, 0.5) is 0 Å². The predicted molar refractivity (Wildman–Crippen MR) is 90.4 cm³/mol. The molecule has 124 valence electrons. The first-order chi connectivity index (χ1) is 10.7. The topological polar surface area (TPSA) is 67.2 Å². The molecule has 0 saturated carbocycles. The molecule has 0 aliphatic carbocycles. The molecular formula is C18H25N3O2. The first kappa shape index (κ1) is 17.2. The van der Waals surface area contributed by atoms with Crippen molar-refractivity contribution in [3.05, 3.63) is 52.8 Å². The smallest absolute Gasteiger partial charge is 0.254 e. The van der Waals surface area contributed by atoms with Gasteiger partial charge in [0.25, 0.3) is 5.91 Å². The summed E-state index contributed by atoms with van der Waals surface area (Å²) in [6.45, 7) is 8.20. The van der Waals surface area contributed by atoms with Crippen molar-refractivity contribution < 1.29 is 9.90 Å². The van der Waals surface area contributed by atoms with Crippen LogP contribution >= 0.6 is 0 Å². The van der Waals surface area contributed by atoms with Gasteiger partial charge in [-0.15, -0.1) is 0 Å². The van der Waals surface area contributed by atoms with Crippen molar-refractivity contribution in [1.82, 2.24) is 15.1 Å². The summed E-state index contributed by atoms with van der Waals surface area (Å²) >= 11 is 0. The quantitative estimate of drug-likeness (QED) is 0.911. The number of amides is 1. The zero-order valence-electron chi connectivity index (χ0n) is 14.4. The number of benzene rings is 1. The van der Waals surface area contributed by atoms with Crippen molar-refractivity contribution in [2.75, 3.05) is 6.54 Å². The second-order valence-electron chi connectivity index (χ2n) is 6.96. The lowest BCUT2D eigenvalue weighted by Gasteiger charge is -2.18. The number of hydrogen-bond acceptors (Lipinski definition) is 3. The third-order valence-electron chi connectivity index (χ3n) is 3.67. The van der Waals surface area contributed by atoms with E-state index in [1.165, 1.54) is 0 Å². The molecule has 0 fully saturated rings. The molecule has 0 spiro atoms. The Bertz CT molecular complexity index is 699. The minimum absolute atomic E-state index is 0.167. The van der Waals surface area contributed by atoms with Crippen LogP contribution in [-0.4, -0.2) is 27.3 Å². The maximum atomic E-state index is 12.5. The zero-order chi connectivity index (χ0) is 17.2. The van der Waals surface area contributed by atoms with Gasteiger partial charge in [0.15, 0.2) is 0 Å². The van der Waals surface area contributed by atoms with Crippen molar-refractivity contribution >= 4 is 5.91 Å². The summed E-state index contributed by atoms with van der Waals surface area (Å²) < 4.78 is 1.65. The third kappa shape index (κ3) is 4.20. The molecule has 5 heteroatoms. The van der Waals surface area contributed by atoms with Crippen LogP contribution in [0.3, 0.4) is 0 Å². The third-order valence-corrected chi connectivity index (χ3v) is 3.67. The lowest BCUT2D eigenvalue weighted by Crippen LogP contribution is -2.30. The van der Waals surface area contributed by atoms with E-state index in [9.17, 15) is 9.90 Å². The Morgan fingerprint density at radius 1 is 1.39 bits per heavy atom. The predicted octanol–water partition coefficient (Wildman–Crippen LogP) is 2.49. The number of aromatic nitrogens is 2. The van der Waals surface area contributed by atoms with Gasteiger partial charge in [-0.25, -0.2) is 0 Å². The van der Waals surface area contributed by atoms with Gasteiger partial charge >= 0.3 is 0 Å². The minimum Gasteiger partial charge on any atom is -0.387 e. The lowest BCUT2D eigenvalue weighted by atomic mass is 9.89. The highest BCUT2D eigenvalue weighted by Crippen LogP contribution is 2.24. The van der Waals surface area contributed by atoms with E-state index in [2.05, 4.69) is 10.4 Å². The molecule has 0 radical (unpaired) electrons. The van der Waals surface area contributed by atoms with Gasteiger partial charge in [0.05, 0.1) is 17.4 Å². The van der Waals surface area contributed by atoms with E-state index in [1.54, 1.807) is 17.9 Å². The van der Waals surface area contributed by atoms with E-state index in [4.69, 9.17) is 0 Å². The highest BCUT2D eigenvalue weighted by atomic mass is 16.3. The normalized spacial score (nSPS) is 13.0. The number of hydrogen-bond donors (Lipinski definition) is 2. The van der Waals surface area contributed by atoms with E-state index in [-0.39, 0.29) is 17.9 Å². The maximum Gasteiger partial charge on any atom is 0.254 e. The number of aryl methyl sites for hydroxylation is 2. The van der Waals surface area contributed by atoms with E-state index in [0.717, 1.165) is 16.8 Å². The second-order valence-corrected chi connectivity index (χ2v) is 6.96. The summed E-state index contributed by atoms with van der Waals surface area (Å²) in [6.07, 6.45) is 0.989. The van der Waals surface area contributed by atoms with Crippen molar-refractivity contribution in [2.24, 2.45) is 7.05 Å². The summed E-state index contributed by atoms with van der Waals surface area (Å²) in [6, 6.07) is 7.64. The monoisotopic (exact) mass is 315 g/mol. The Kier molecular flexibility index (Phi) is 4.90. The average Bonchev–Trinajstić information content (AvgIpc) is 2.86. The number of carbonyl (C=O) groups excluding carboxylic acids is 1. The summed E-state index contributed by atoms with van der Waals surface area (Å²) in [5, 5.41) is 17.4. The van der Waals surface area contributed by atoms with E-state index >= 15 is 0 Å². The van der Waals surface area contributed by atoms with E-state index in [0.29, 0.717) is 5.56 Å². The Hall–Kier alpha value is -2.14. The Morgan fingerprint density at radius 2 is 2.09 bits per heavy atom. The molecule has 1 unspecified atom stereocenters. The Balaban J connectivity index is 2.08. The fraction of sp³-hybridized carbons (Fsp3) is 0.444. The van der Waals surface area contributed by atoms with Crippen LogP contribution in [0.1, 0.15) is 54.1 Å². The molecule has 1 atom stereocenters. The average molecular weight is 315 g/mol. The minimum atomic E-state index is -0.728. The fourth-order valence-corrected chi connectivity index (χ4v) is 2.49. The van der Waals surface area contributed by atoms with Gasteiger partial charge in [-0.3, -0.25) is 9.48 Å². The number of nitrogens with zero attached hydrogens (tertiary/aromatic N) is 2. The molecule has 0 aliphatic heterocycles. The standard InChI is InChI=1S/C18H25N3O2/c1-12-7-6-8-13(9-12)15(22)10-19-17(23)14-11-21(5)20-16(14)18(2,3)4/h6-9,11,15,22H,10H2,1-5H3,(H,19,23). The second kappa shape index (κ2) is 6.54. The SMILES string of the molecule is Cc1cccc(C(O)CNC(=O)c2cn(C)nc2C(C)(C)C)c1. The van der Waals surface area contributed by atoms with Crippen molar-refractivity contribution in [3.63, 3.8) is 0 Å². The number of rotatable bonds is 4. The van der Waals surface area contributed by atoms with Gasteiger partial charge < -0.3 is 10.4 Å². The molecule has 1 amide bonds. The summed E-state index contributed by atoms with van der Waals surface area (Å²) in [7, 11) is 1.80. The first-order valence-electron chi connectivity index (χ1n) is 7.75. The molecule has 1 heterocycles. The van der Waals surface area contributed by atoms with Crippen molar-refractivity contribution in [1.29, 1.82) is 0 Å². The fourth-order valence-electron chi connectivity index (χ4n) is 2.49. The van der Waals surface area contributed by atoms with Crippen LogP contribution in [0.15, 0.2) is 30.5 Å². The van der Waals surface area contributed by atoms with Crippen LogP contribution in [0.25, 0.3) is 0 Å². The van der Waals surface area contributed by atoms with E-state index in [1.807, 2.05) is 52.0 Å². The maximum absolute atomic E-state index is 12.5. The van der Waals surface area contributed by atoms with Gasteiger partial charge in [0.2, 0.25) is 0 Å². The first-order valence-corrected chi connectivity index (χ1v) is 7.75. The summed E-state index contributed by atoms with van der Waals surface area (Å²) in [5.41, 5.74) is 2.96. The molecule has 0 aliphatic rings. The van der Waals surface area contributed by atoms with Crippen molar-refractivity contribution in [3.8, 4) is 0 Å². The van der Waals surface area contributed by atoms with Crippen LogP contribution in [-0.2, 0) is 12.5 Å². The summed E-state index contributed by atoms with van der Waals surface area (Å²) in [5.74, 6) is -0.213. The van der Waals surface area contributed by atoms with Gasteiger partial charge in [-0.2, -0.15) is 5.10 Å². The molecule has 1 aromatic carbocycles. The van der Waals surface area contributed by atoms with Crippen LogP contribution in [0.2, 0.25) is 0 Å². The Labute approximate surface area is 137 Å². The molecule has 0 saturated heterocycles. The lowest BCUT2D eigenvalue weighted by molar-refractivity contribution is 0.0914. The van der Waals surface area contributed by atoms with Gasteiger partial charge in [-0.05, 0) is 12.5 Å². The molecule has 1 aromatic heterocycles. The largest absolute Gasteiger partial charge is 0.387 e. The van der Waals surface area contributed by atoms with Crippen molar-refractivity contribution in [2.45, 2.75) is 39.2 Å². The van der Waals surface area contributed by atoms with E-state index < -0.39 is 6.10 Å². The molecule has 5 nitrogen and oxygen atoms in total. The highest BCUT2D eigenvalue weighted by molar-refractivity contribution is 5.95. The number of carbonyl (C=O) groups is 1. The van der Waals surface area contributed by atoms with Crippen LogP contribution in [0.5, 0.6) is 0 Å².